The summed E-state index contributed by atoms with van der Waals surface area (Å²) < 4.78 is 10.3. The maximum Gasteiger partial charge on any atom is 0.248 e. The maximum atomic E-state index is 11.8. The van der Waals surface area contributed by atoms with Gasteiger partial charge in [0.15, 0.2) is 11.5 Å². The van der Waals surface area contributed by atoms with E-state index in [0.29, 0.717) is 17.2 Å². The topological polar surface area (TPSA) is 47.6 Å². The number of thiophene rings is 1. The first-order valence-corrected chi connectivity index (χ1v) is 6.85. The van der Waals surface area contributed by atoms with E-state index in [1.807, 2.05) is 17.5 Å². The van der Waals surface area contributed by atoms with Crippen LogP contribution in [0.1, 0.15) is 4.88 Å². The molecule has 0 atom stereocenters. The van der Waals surface area contributed by atoms with E-state index < -0.39 is 0 Å². The lowest BCUT2D eigenvalue weighted by Crippen LogP contribution is -2.07. The summed E-state index contributed by atoms with van der Waals surface area (Å²) in [6, 6.07) is 9.12. The number of rotatable bonds is 5. The van der Waals surface area contributed by atoms with Gasteiger partial charge in [-0.25, -0.2) is 0 Å². The summed E-state index contributed by atoms with van der Waals surface area (Å²) in [5.74, 6) is 1.01. The fourth-order valence-electron chi connectivity index (χ4n) is 1.64. The number of ether oxygens (including phenoxy) is 2. The lowest BCUT2D eigenvalue weighted by molar-refractivity contribution is -0.111. The summed E-state index contributed by atoms with van der Waals surface area (Å²) in [7, 11) is 3.13. The van der Waals surface area contributed by atoms with Crippen molar-refractivity contribution in [1.82, 2.24) is 0 Å². The molecule has 1 heterocycles. The van der Waals surface area contributed by atoms with Gasteiger partial charge in [0.05, 0.1) is 14.2 Å². The summed E-state index contributed by atoms with van der Waals surface area (Å²) in [5.41, 5.74) is 0.656. The van der Waals surface area contributed by atoms with Gasteiger partial charge in [0.2, 0.25) is 5.91 Å². The molecule has 1 amide bonds. The number of anilines is 1. The Morgan fingerprint density at radius 2 is 2.00 bits per heavy atom. The Labute approximate surface area is 121 Å². The Morgan fingerprint density at radius 1 is 1.20 bits per heavy atom. The van der Waals surface area contributed by atoms with Crippen LogP contribution in [0.3, 0.4) is 0 Å². The van der Waals surface area contributed by atoms with Gasteiger partial charge in [-0.2, -0.15) is 0 Å². The molecule has 20 heavy (non-hydrogen) atoms. The molecule has 2 aromatic rings. The van der Waals surface area contributed by atoms with Crippen LogP contribution in [0.15, 0.2) is 41.8 Å². The highest BCUT2D eigenvalue weighted by atomic mass is 32.1. The first-order valence-electron chi connectivity index (χ1n) is 5.97. The molecule has 1 aromatic heterocycles. The van der Waals surface area contributed by atoms with E-state index in [-0.39, 0.29) is 5.91 Å². The van der Waals surface area contributed by atoms with E-state index in [2.05, 4.69) is 5.32 Å². The number of nitrogens with one attached hydrogen (secondary N) is 1. The standard InChI is InChI=1S/C15H15NO3S/c1-18-13-7-5-11(10-14(13)19-2)16-15(17)8-6-12-4-3-9-20-12/h3-10H,1-2H3,(H,16,17). The summed E-state index contributed by atoms with van der Waals surface area (Å²) in [6.07, 6.45) is 3.28. The Kier molecular flexibility index (Phi) is 4.79. The lowest BCUT2D eigenvalue weighted by Gasteiger charge is -2.09. The second-order valence-corrected chi connectivity index (χ2v) is 4.89. The van der Waals surface area contributed by atoms with Gasteiger partial charge in [0, 0.05) is 22.7 Å². The number of amides is 1. The molecule has 0 fully saturated rings. The largest absolute Gasteiger partial charge is 0.493 e. The number of hydrogen-bond acceptors (Lipinski definition) is 4. The smallest absolute Gasteiger partial charge is 0.248 e. The van der Waals surface area contributed by atoms with Crippen molar-refractivity contribution in [2.45, 2.75) is 0 Å². The van der Waals surface area contributed by atoms with E-state index in [4.69, 9.17) is 9.47 Å². The predicted octanol–water partition coefficient (Wildman–Crippen LogP) is 3.42. The first kappa shape index (κ1) is 14.1. The van der Waals surface area contributed by atoms with Crippen LogP contribution in [-0.2, 0) is 4.79 Å². The molecule has 0 bridgehead atoms. The third-order valence-electron chi connectivity index (χ3n) is 2.59. The van der Waals surface area contributed by atoms with Crippen LogP contribution >= 0.6 is 11.3 Å². The highest BCUT2D eigenvalue weighted by Gasteiger charge is 2.05. The highest BCUT2D eigenvalue weighted by molar-refractivity contribution is 7.10. The van der Waals surface area contributed by atoms with Crippen molar-refractivity contribution in [3.8, 4) is 11.5 Å². The van der Waals surface area contributed by atoms with Crippen molar-refractivity contribution < 1.29 is 14.3 Å². The average Bonchev–Trinajstić information content (AvgIpc) is 2.98. The van der Waals surface area contributed by atoms with Crippen LogP contribution in [0.2, 0.25) is 0 Å². The van der Waals surface area contributed by atoms with Gasteiger partial charge in [0.1, 0.15) is 0 Å². The fraction of sp³-hybridized carbons (Fsp3) is 0.133. The predicted molar refractivity (Wildman–Crippen MR) is 81.5 cm³/mol. The first-order chi connectivity index (χ1) is 9.72. The third kappa shape index (κ3) is 3.61. The van der Waals surface area contributed by atoms with Crippen molar-refractivity contribution in [1.29, 1.82) is 0 Å². The Hall–Kier alpha value is -2.27. The molecule has 0 unspecified atom stereocenters. The zero-order valence-electron chi connectivity index (χ0n) is 11.3. The van der Waals surface area contributed by atoms with Crippen molar-refractivity contribution >= 4 is 29.0 Å². The number of hydrogen-bond donors (Lipinski definition) is 1. The molecular weight excluding hydrogens is 274 g/mol. The highest BCUT2D eigenvalue weighted by Crippen LogP contribution is 2.29. The van der Waals surface area contributed by atoms with Crippen LogP contribution < -0.4 is 14.8 Å². The summed E-state index contributed by atoms with van der Waals surface area (Å²) in [6.45, 7) is 0. The number of benzene rings is 1. The van der Waals surface area contributed by atoms with Gasteiger partial charge in [-0.05, 0) is 29.7 Å². The molecule has 0 radical (unpaired) electrons. The molecule has 5 heteroatoms. The van der Waals surface area contributed by atoms with Gasteiger partial charge in [-0.1, -0.05) is 6.07 Å². The van der Waals surface area contributed by atoms with Crippen molar-refractivity contribution in [2.75, 3.05) is 19.5 Å². The van der Waals surface area contributed by atoms with E-state index >= 15 is 0 Å². The molecule has 0 aliphatic carbocycles. The van der Waals surface area contributed by atoms with Crippen LogP contribution in [0.4, 0.5) is 5.69 Å². The van der Waals surface area contributed by atoms with Gasteiger partial charge >= 0.3 is 0 Å². The van der Waals surface area contributed by atoms with Crippen LogP contribution in [0.5, 0.6) is 11.5 Å². The number of carbonyl (C=O) groups is 1. The minimum Gasteiger partial charge on any atom is -0.493 e. The third-order valence-corrected chi connectivity index (χ3v) is 3.43. The molecule has 2 rings (SSSR count). The molecular formula is C15H15NO3S. The van der Waals surface area contributed by atoms with Crippen LogP contribution in [0.25, 0.3) is 6.08 Å². The van der Waals surface area contributed by atoms with Gasteiger partial charge < -0.3 is 14.8 Å². The number of methoxy groups -OCH3 is 2. The fourth-order valence-corrected chi connectivity index (χ4v) is 2.26. The van der Waals surface area contributed by atoms with Crippen molar-refractivity contribution in [2.24, 2.45) is 0 Å². The zero-order chi connectivity index (χ0) is 14.4. The minimum atomic E-state index is -0.189. The summed E-state index contributed by atoms with van der Waals surface area (Å²) in [4.78, 5) is 12.8. The average molecular weight is 289 g/mol. The van der Waals surface area contributed by atoms with E-state index in [0.717, 1.165) is 4.88 Å². The molecule has 4 nitrogen and oxygen atoms in total. The molecule has 0 saturated heterocycles. The summed E-state index contributed by atoms with van der Waals surface area (Å²) >= 11 is 1.58. The maximum absolute atomic E-state index is 11.8. The van der Waals surface area contributed by atoms with Gasteiger partial charge in [-0.15, -0.1) is 11.3 Å². The Balaban J connectivity index is 2.04. The van der Waals surface area contributed by atoms with Crippen molar-refractivity contribution in [3.05, 3.63) is 46.7 Å². The molecule has 0 saturated carbocycles. The number of carbonyl (C=O) groups excluding carboxylic acids is 1. The van der Waals surface area contributed by atoms with Gasteiger partial charge in [0.25, 0.3) is 0 Å². The van der Waals surface area contributed by atoms with Gasteiger partial charge in [-0.3, -0.25) is 4.79 Å². The minimum absolute atomic E-state index is 0.189. The molecule has 0 aliphatic heterocycles. The second-order valence-electron chi connectivity index (χ2n) is 3.91. The monoisotopic (exact) mass is 289 g/mol. The molecule has 104 valence electrons. The van der Waals surface area contributed by atoms with E-state index in [1.165, 1.54) is 6.08 Å². The SMILES string of the molecule is COc1ccc(NC(=O)C=Cc2cccs2)cc1OC. The molecule has 0 spiro atoms. The lowest BCUT2D eigenvalue weighted by atomic mass is 10.2. The molecule has 1 N–H and O–H groups in total. The molecule has 1 aromatic carbocycles. The van der Waals surface area contributed by atoms with Crippen molar-refractivity contribution in [3.63, 3.8) is 0 Å². The quantitative estimate of drug-likeness (QED) is 0.858. The Morgan fingerprint density at radius 3 is 2.65 bits per heavy atom. The zero-order valence-corrected chi connectivity index (χ0v) is 12.1. The van der Waals surface area contributed by atoms with E-state index in [9.17, 15) is 4.79 Å². The van der Waals surface area contributed by atoms with Crippen LogP contribution in [-0.4, -0.2) is 20.1 Å². The van der Waals surface area contributed by atoms with E-state index in [1.54, 1.807) is 49.8 Å². The molecule has 0 aliphatic rings. The second kappa shape index (κ2) is 6.77. The summed E-state index contributed by atoms with van der Waals surface area (Å²) in [5, 5.41) is 4.74. The Bertz CT molecular complexity index is 606. The van der Waals surface area contributed by atoms with Crippen LogP contribution in [0, 0.1) is 0 Å². The normalized spacial score (nSPS) is 10.5.